The molecule has 0 nitrogen and oxygen atoms in total. The summed E-state index contributed by atoms with van der Waals surface area (Å²) in [6, 6.07) is 0. The van der Waals surface area contributed by atoms with Gasteiger partial charge in [-0.3, -0.25) is 0 Å². The maximum Gasteiger partial charge on any atom is 0.0199 e. The van der Waals surface area contributed by atoms with Crippen LogP contribution in [0.4, 0.5) is 0 Å². The fourth-order valence-corrected chi connectivity index (χ4v) is 3.23. The Morgan fingerprint density at radius 3 is 1.96 bits per heavy atom. The summed E-state index contributed by atoms with van der Waals surface area (Å²) in [6.45, 7) is 16.0. The quantitative estimate of drug-likeness (QED) is 0.436. The van der Waals surface area contributed by atoms with Gasteiger partial charge >= 0.3 is 0 Å². The van der Waals surface area contributed by atoms with Gasteiger partial charge in [-0.25, -0.2) is 0 Å². The van der Waals surface area contributed by atoms with Gasteiger partial charge in [0.1, 0.15) is 0 Å². The van der Waals surface area contributed by atoms with Crippen LogP contribution in [0.25, 0.3) is 0 Å². The molecule has 1 fully saturated rings. The van der Waals surface area contributed by atoms with Gasteiger partial charge in [0.25, 0.3) is 0 Å². The summed E-state index contributed by atoms with van der Waals surface area (Å²) in [5, 5.41) is 0. The fourth-order valence-electron chi connectivity index (χ4n) is 3.23. The lowest BCUT2D eigenvalue weighted by molar-refractivity contribution is 0.300. The van der Waals surface area contributed by atoms with Crippen molar-refractivity contribution in [1.82, 2.24) is 0 Å². The number of allylic oxidation sites excluding steroid dienone is 10. The average Bonchev–Trinajstić information content (AvgIpc) is 2.59. The largest absolute Gasteiger partial charge is 0.0991 e. The number of rotatable bonds is 6. The number of hydrogen-bond donors (Lipinski definition) is 0. The van der Waals surface area contributed by atoms with Crippen molar-refractivity contribution in [2.45, 2.75) is 67.2 Å². The van der Waals surface area contributed by atoms with Gasteiger partial charge in [0.15, 0.2) is 0 Å². The summed E-state index contributed by atoms with van der Waals surface area (Å²) >= 11 is 0. The molecule has 1 aliphatic rings. The Balaban J connectivity index is 0. The van der Waals surface area contributed by atoms with Crippen LogP contribution in [-0.2, 0) is 0 Å². The van der Waals surface area contributed by atoms with Crippen LogP contribution in [0.15, 0.2) is 72.9 Å². The first-order chi connectivity index (χ1) is 10.7. The Bertz CT molecular complexity index is 435. The van der Waals surface area contributed by atoms with Crippen LogP contribution in [-0.4, -0.2) is 0 Å². The van der Waals surface area contributed by atoms with E-state index in [9.17, 15) is 0 Å². The summed E-state index contributed by atoms with van der Waals surface area (Å²) in [5.74, 6) is 0. The minimum atomic E-state index is 0. The first-order valence-corrected chi connectivity index (χ1v) is 8.67. The molecule has 0 N–H and O–H groups in total. The van der Waals surface area contributed by atoms with E-state index < -0.39 is 0 Å². The van der Waals surface area contributed by atoms with Crippen molar-refractivity contribution in [2.75, 3.05) is 0 Å². The average molecular weight is 315 g/mol. The van der Waals surface area contributed by atoms with Gasteiger partial charge in [-0.05, 0) is 37.8 Å². The molecule has 0 bridgehead atoms. The second kappa shape index (κ2) is 14.1. The predicted molar refractivity (Wildman–Crippen MR) is 110 cm³/mol. The maximum absolute atomic E-state index is 4.06. The first kappa shape index (κ1) is 23.7. The molecule has 0 heterocycles. The van der Waals surface area contributed by atoms with Gasteiger partial charge < -0.3 is 0 Å². The highest BCUT2D eigenvalue weighted by Crippen LogP contribution is 2.49. The molecule has 0 heteroatoms. The van der Waals surface area contributed by atoms with Gasteiger partial charge in [0, 0.05) is 5.41 Å². The Kier molecular flexibility index (Phi) is 14.5. The van der Waals surface area contributed by atoms with Gasteiger partial charge in [-0.2, -0.15) is 0 Å². The van der Waals surface area contributed by atoms with Crippen LogP contribution in [0, 0.1) is 5.41 Å². The van der Waals surface area contributed by atoms with E-state index in [-0.39, 0.29) is 12.8 Å². The van der Waals surface area contributed by atoms with Gasteiger partial charge in [-0.1, -0.05) is 102 Å². The van der Waals surface area contributed by atoms with Crippen LogP contribution < -0.4 is 0 Å². The van der Waals surface area contributed by atoms with E-state index >= 15 is 0 Å². The maximum atomic E-state index is 4.06. The summed E-state index contributed by atoms with van der Waals surface area (Å²) < 4.78 is 0. The Hall–Kier alpha value is -1.56. The smallest absolute Gasteiger partial charge is 0.0199 e. The van der Waals surface area contributed by atoms with E-state index in [0.717, 1.165) is 0 Å². The molecule has 1 saturated carbocycles. The van der Waals surface area contributed by atoms with Crippen LogP contribution >= 0.6 is 0 Å². The standard InChI is InChI=1S/C20H28.C2H6.CH4/c1-5-9-14-18(7-3)20(16-12-11-13-17-20)19(8-4)15-10-6-2;1-2;/h5-10,14-15H,1,4,11-13,16-17H2,2-3H3;1-2H3;1H4/b10-6-,14-9-,18-7+,19-15+;;. The highest BCUT2D eigenvalue weighted by atomic mass is 14.4. The second-order valence-corrected chi connectivity index (χ2v) is 5.33. The molecule has 130 valence electrons. The molecular weight excluding hydrogens is 276 g/mol. The lowest BCUT2D eigenvalue weighted by Gasteiger charge is -2.40. The van der Waals surface area contributed by atoms with Gasteiger partial charge in [0.05, 0.1) is 0 Å². The molecule has 0 spiro atoms. The van der Waals surface area contributed by atoms with E-state index in [1.807, 2.05) is 32.1 Å². The summed E-state index contributed by atoms with van der Waals surface area (Å²) in [6.07, 6.45) is 23.2. The molecule has 0 radical (unpaired) electrons. The molecule has 0 amide bonds. The summed E-state index contributed by atoms with van der Waals surface area (Å²) in [5.41, 5.74) is 2.87. The van der Waals surface area contributed by atoms with Crippen molar-refractivity contribution in [3.05, 3.63) is 72.9 Å². The molecule has 0 aromatic heterocycles. The third kappa shape index (κ3) is 6.60. The Labute approximate surface area is 146 Å². The molecule has 23 heavy (non-hydrogen) atoms. The molecule has 0 aliphatic heterocycles. The zero-order chi connectivity index (χ0) is 16.8. The van der Waals surface area contributed by atoms with Crippen LogP contribution in [0.3, 0.4) is 0 Å². The van der Waals surface area contributed by atoms with E-state index in [1.165, 1.54) is 43.3 Å². The highest BCUT2D eigenvalue weighted by molar-refractivity contribution is 5.43. The topological polar surface area (TPSA) is 0 Å². The first-order valence-electron chi connectivity index (χ1n) is 8.67. The molecule has 0 unspecified atom stereocenters. The zero-order valence-electron chi connectivity index (χ0n) is 15.1. The van der Waals surface area contributed by atoms with Crippen molar-refractivity contribution >= 4 is 0 Å². The Morgan fingerprint density at radius 1 is 0.913 bits per heavy atom. The lowest BCUT2D eigenvalue weighted by Crippen LogP contribution is -2.27. The van der Waals surface area contributed by atoms with Crippen LogP contribution in [0.5, 0.6) is 0 Å². The molecule has 0 aromatic rings. The van der Waals surface area contributed by atoms with Crippen molar-refractivity contribution in [3.8, 4) is 0 Å². The molecule has 0 aromatic carbocycles. The van der Waals surface area contributed by atoms with Crippen molar-refractivity contribution in [3.63, 3.8) is 0 Å². The van der Waals surface area contributed by atoms with E-state index in [0.29, 0.717) is 0 Å². The third-order valence-electron chi connectivity index (χ3n) is 4.22. The predicted octanol–water partition coefficient (Wildman–Crippen LogP) is 7.98. The van der Waals surface area contributed by atoms with E-state index in [2.05, 4.69) is 57.4 Å². The Morgan fingerprint density at radius 2 is 1.52 bits per heavy atom. The normalized spacial score (nSPS) is 18.1. The molecule has 1 rings (SSSR count). The van der Waals surface area contributed by atoms with Crippen molar-refractivity contribution in [2.24, 2.45) is 5.41 Å². The SMILES string of the molecule is C.C=C/C=C\C(=C/C)C1(/C(C=C)=C/C=C\C)CCCCC1.CC. The zero-order valence-corrected chi connectivity index (χ0v) is 15.1. The minimum absolute atomic E-state index is 0. The van der Waals surface area contributed by atoms with E-state index in [4.69, 9.17) is 0 Å². The monoisotopic (exact) mass is 314 g/mol. The highest BCUT2D eigenvalue weighted by Gasteiger charge is 2.36. The molecular formula is C23H38. The van der Waals surface area contributed by atoms with Crippen molar-refractivity contribution in [1.29, 1.82) is 0 Å². The summed E-state index contributed by atoms with van der Waals surface area (Å²) in [4.78, 5) is 0. The van der Waals surface area contributed by atoms with Gasteiger partial charge in [0.2, 0.25) is 0 Å². The second-order valence-electron chi connectivity index (χ2n) is 5.33. The van der Waals surface area contributed by atoms with Crippen LogP contribution in [0.1, 0.15) is 67.2 Å². The van der Waals surface area contributed by atoms with Crippen molar-refractivity contribution < 1.29 is 0 Å². The number of hydrogen-bond acceptors (Lipinski definition) is 0. The molecule has 0 atom stereocenters. The lowest BCUT2D eigenvalue weighted by atomic mass is 9.64. The van der Waals surface area contributed by atoms with Crippen LogP contribution in [0.2, 0.25) is 0 Å². The summed E-state index contributed by atoms with van der Waals surface area (Å²) in [7, 11) is 0. The van der Waals surface area contributed by atoms with E-state index in [1.54, 1.807) is 0 Å². The fraction of sp³-hybridized carbons (Fsp3) is 0.478. The third-order valence-corrected chi connectivity index (χ3v) is 4.22. The molecule has 0 saturated heterocycles. The molecule has 1 aliphatic carbocycles. The minimum Gasteiger partial charge on any atom is -0.0991 e. The van der Waals surface area contributed by atoms with Gasteiger partial charge in [-0.15, -0.1) is 0 Å².